The number of nitrogens with zero attached hydrogens (tertiary/aromatic N) is 3. The molecule has 2 heterocycles. The predicted molar refractivity (Wildman–Crippen MR) is 125 cm³/mol. The number of hydrogen-bond acceptors (Lipinski definition) is 7. The van der Waals surface area contributed by atoms with Gasteiger partial charge in [0.05, 0.1) is 16.9 Å². The molecule has 8 nitrogen and oxygen atoms in total. The van der Waals surface area contributed by atoms with Crippen molar-refractivity contribution in [1.82, 2.24) is 14.6 Å². The summed E-state index contributed by atoms with van der Waals surface area (Å²) in [6.07, 6.45) is 1.26. The van der Waals surface area contributed by atoms with Crippen molar-refractivity contribution in [2.75, 3.05) is 7.11 Å². The van der Waals surface area contributed by atoms with E-state index in [0.29, 0.717) is 10.8 Å². The second-order valence-corrected chi connectivity index (χ2v) is 9.35. The number of carbonyl (C=O) groups excluding carboxylic acids is 1. The monoisotopic (exact) mass is 473 g/mol. The summed E-state index contributed by atoms with van der Waals surface area (Å²) in [6.45, 7) is 0.149. The van der Waals surface area contributed by atoms with Crippen molar-refractivity contribution in [3.8, 4) is 5.75 Å². The maximum Gasteiger partial charge on any atom is 0.360 e. The molecule has 0 unspecified atom stereocenters. The smallest absolute Gasteiger partial charge is 0.360 e. The van der Waals surface area contributed by atoms with Crippen molar-refractivity contribution in [1.29, 1.82) is 0 Å². The Kier molecular flexibility index (Phi) is 5.46. The van der Waals surface area contributed by atoms with E-state index in [0.717, 1.165) is 5.56 Å². The second kappa shape index (κ2) is 8.60. The first kappa shape index (κ1) is 21.6. The van der Waals surface area contributed by atoms with E-state index < -0.39 is 15.8 Å². The van der Waals surface area contributed by atoms with Gasteiger partial charge in [-0.15, -0.1) is 0 Å². The SMILES string of the molecule is COC(=O)c1c(OCc2ccccc2)c2cccc(S(=O)(=O)c3ccccc3)c2c2ncnn12. The Labute approximate surface area is 195 Å². The quantitative estimate of drug-likeness (QED) is 0.343. The van der Waals surface area contributed by atoms with Gasteiger partial charge in [-0.3, -0.25) is 0 Å². The molecular formula is C25H19N3O5S. The van der Waals surface area contributed by atoms with Gasteiger partial charge in [0, 0.05) is 10.8 Å². The minimum atomic E-state index is -3.91. The highest BCUT2D eigenvalue weighted by Crippen LogP contribution is 2.38. The largest absolute Gasteiger partial charge is 0.486 e. The van der Waals surface area contributed by atoms with Crippen LogP contribution in [0, 0.1) is 0 Å². The Balaban J connectivity index is 1.82. The molecule has 0 aliphatic rings. The molecule has 0 fully saturated rings. The third kappa shape index (κ3) is 3.56. The molecule has 0 saturated heterocycles. The molecule has 0 N–H and O–H groups in total. The summed E-state index contributed by atoms with van der Waals surface area (Å²) in [5, 5.41) is 4.90. The molecule has 5 rings (SSSR count). The molecule has 0 saturated carbocycles. The van der Waals surface area contributed by atoms with E-state index in [9.17, 15) is 13.2 Å². The number of carbonyl (C=O) groups is 1. The average molecular weight is 474 g/mol. The molecule has 0 spiro atoms. The zero-order valence-corrected chi connectivity index (χ0v) is 18.9. The zero-order valence-electron chi connectivity index (χ0n) is 18.1. The molecule has 3 aromatic carbocycles. The van der Waals surface area contributed by atoms with Crippen molar-refractivity contribution in [2.45, 2.75) is 16.4 Å². The molecule has 0 aliphatic carbocycles. The van der Waals surface area contributed by atoms with Crippen LogP contribution < -0.4 is 4.74 Å². The molecule has 34 heavy (non-hydrogen) atoms. The molecular weight excluding hydrogens is 454 g/mol. The lowest BCUT2D eigenvalue weighted by atomic mass is 10.1. The number of ether oxygens (including phenoxy) is 2. The van der Waals surface area contributed by atoms with Crippen LogP contribution in [-0.2, 0) is 21.2 Å². The summed E-state index contributed by atoms with van der Waals surface area (Å²) in [7, 11) is -2.65. The number of hydrogen-bond donors (Lipinski definition) is 0. The highest BCUT2D eigenvalue weighted by atomic mass is 32.2. The van der Waals surface area contributed by atoms with Gasteiger partial charge in [0.2, 0.25) is 9.84 Å². The maximum atomic E-state index is 13.6. The molecule has 0 aliphatic heterocycles. The Hall–Kier alpha value is -4.24. The van der Waals surface area contributed by atoms with E-state index in [1.54, 1.807) is 30.3 Å². The molecule has 9 heteroatoms. The highest BCUT2D eigenvalue weighted by Gasteiger charge is 2.29. The number of rotatable bonds is 6. The summed E-state index contributed by atoms with van der Waals surface area (Å²) in [4.78, 5) is 17.3. The van der Waals surface area contributed by atoms with Gasteiger partial charge in [0.25, 0.3) is 0 Å². The Bertz CT molecular complexity index is 1610. The zero-order chi connectivity index (χ0) is 23.7. The number of benzene rings is 3. The number of methoxy groups -OCH3 is 1. The first-order valence-corrected chi connectivity index (χ1v) is 11.8. The minimum absolute atomic E-state index is 0.0210. The number of fused-ring (bicyclic) bond motifs is 3. The van der Waals surface area contributed by atoms with E-state index in [1.165, 1.54) is 36.2 Å². The van der Waals surface area contributed by atoms with Gasteiger partial charge >= 0.3 is 5.97 Å². The van der Waals surface area contributed by atoms with Crippen molar-refractivity contribution in [3.63, 3.8) is 0 Å². The summed E-state index contributed by atoms with van der Waals surface area (Å²) < 4.78 is 39.6. The molecule has 0 bridgehead atoms. The van der Waals surface area contributed by atoms with Gasteiger partial charge in [-0.2, -0.15) is 5.10 Å². The van der Waals surface area contributed by atoms with Crippen molar-refractivity contribution < 1.29 is 22.7 Å². The lowest BCUT2D eigenvalue weighted by Crippen LogP contribution is -2.14. The van der Waals surface area contributed by atoms with Gasteiger partial charge in [0.1, 0.15) is 12.9 Å². The number of sulfone groups is 1. The van der Waals surface area contributed by atoms with Crippen molar-refractivity contribution >= 4 is 32.2 Å². The average Bonchev–Trinajstić information content (AvgIpc) is 3.37. The lowest BCUT2D eigenvalue weighted by Gasteiger charge is -2.17. The van der Waals surface area contributed by atoms with Crippen LogP contribution in [0.15, 0.2) is 95.0 Å². The summed E-state index contributed by atoms with van der Waals surface area (Å²) >= 11 is 0. The van der Waals surface area contributed by atoms with E-state index in [-0.39, 0.29) is 33.5 Å². The highest BCUT2D eigenvalue weighted by molar-refractivity contribution is 7.91. The third-order valence-corrected chi connectivity index (χ3v) is 7.23. The minimum Gasteiger partial charge on any atom is -0.486 e. The molecule has 0 atom stereocenters. The molecule has 5 aromatic rings. The van der Waals surface area contributed by atoms with Gasteiger partial charge in [-0.25, -0.2) is 22.7 Å². The Morgan fingerprint density at radius 2 is 1.65 bits per heavy atom. The van der Waals surface area contributed by atoms with Gasteiger partial charge in [-0.05, 0) is 23.8 Å². The lowest BCUT2D eigenvalue weighted by molar-refractivity contribution is 0.0585. The van der Waals surface area contributed by atoms with Crippen LogP contribution in [0.25, 0.3) is 16.4 Å². The first-order chi connectivity index (χ1) is 16.5. The van der Waals surface area contributed by atoms with Gasteiger partial charge in [0.15, 0.2) is 17.1 Å². The van der Waals surface area contributed by atoms with E-state index in [2.05, 4.69) is 10.1 Å². The predicted octanol–water partition coefficient (Wildman–Crippen LogP) is 4.08. The van der Waals surface area contributed by atoms with Crippen LogP contribution in [0.2, 0.25) is 0 Å². The van der Waals surface area contributed by atoms with Crippen LogP contribution in [0.5, 0.6) is 5.75 Å². The maximum absolute atomic E-state index is 13.6. The number of aromatic nitrogens is 3. The molecule has 170 valence electrons. The van der Waals surface area contributed by atoms with E-state index in [1.807, 2.05) is 30.3 Å². The van der Waals surface area contributed by atoms with Crippen molar-refractivity contribution in [3.05, 3.63) is 96.4 Å². The third-order valence-electron chi connectivity index (χ3n) is 5.42. The first-order valence-electron chi connectivity index (χ1n) is 10.4. The Morgan fingerprint density at radius 3 is 2.35 bits per heavy atom. The number of pyridine rings is 1. The standard InChI is InChI=1S/C25H19N3O5S/c1-32-25(29)22-23(33-15-17-9-4-2-5-10-17)19-13-8-14-20(21(19)24-26-16-27-28(22)24)34(30,31)18-11-6-3-7-12-18/h2-14,16H,15H2,1H3. The summed E-state index contributed by atoms with van der Waals surface area (Å²) in [5.41, 5.74) is 1.10. The normalized spacial score (nSPS) is 11.6. The fraction of sp³-hybridized carbons (Fsp3) is 0.0800. The molecule has 0 amide bonds. The number of esters is 1. The van der Waals surface area contributed by atoms with Crippen LogP contribution in [0.3, 0.4) is 0 Å². The topological polar surface area (TPSA) is 99.9 Å². The van der Waals surface area contributed by atoms with Crippen LogP contribution >= 0.6 is 0 Å². The summed E-state index contributed by atoms with van der Waals surface area (Å²) in [6, 6.07) is 22.4. The summed E-state index contributed by atoms with van der Waals surface area (Å²) in [5.74, 6) is -0.523. The van der Waals surface area contributed by atoms with Crippen molar-refractivity contribution in [2.24, 2.45) is 0 Å². The fourth-order valence-electron chi connectivity index (χ4n) is 3.85. The molecule has 2 aromatic heterocycles. The Morgan fingerprint density at radius 1 is 0.941 bits per heavy atom. The second-order valence-electron chi connectivity index (χ2n) is 7.43. The van der Waals surface area contributed by atoms with Gasteiger partial charge in [-0.1, -0.05) is 60.7 Å². The van der Waals surface area contributed by atoms with Crippen LogP contribution in [0.4, 0.5) is 0 Å². The van der Waals surface area contributed by atoms with Crippen LogP contribution in [-0.4, -0.2) is 36.1 Å². The van der Waals surface area contributed by atoms with Gasteiger partial charge < -0.3 is 9.47 Å². The van der Waals surface area contributed by atoms with E-state index >= 15 is 0 Å². The molecule has 0 radical (unpaired) electrons. The fourth-order valence-corrected chi connectivity index (χ4v) is 5.35. The van der Waals surface area contributed by atoms with E-state index in [4.69, 9.17) is 9.47 Å². The van der Waals surface area contributed by atoms with Crippen LogP contribution in [0.1, 0.15) is 16.1 Å².